The van der Waals surface area contributed by atoms with Crippen LogP contribution in [0.4, 0.5) is 0 Å². The van der Waals surface area contributed by atoms with Crippen LogP contribution in [0.25, 0.3) is 21.5 Å². The van der Waals surface area contributed by atoms with Crippen LogP contribution < -0.4 is 5.56 Å². The van der Waals surface area contributed by atoms with E-state index in [0.29, 0.717) is 28.8 Å². The molecule has 0 unspecified atom stereocenters. The van der Waals surface area contributed by atoms with E-state index < -0.39 is 5.97 Å². The van der Waals surface area contributed by atoms with Crippen molar-refractivity contribution in [2.24, 2.45) is 0 Å². The van der Waals surface area contributed by atoms with Gasteiger partial charge in [0.1, 0.15) is 6.61 Å². The number of fused-ring (bicyclic) bond motifs is 1. The number of carbonyl (C=O) groups is 1. The zero-order valence-corrected chi connectivity index (χ0v) is 17.4. The Bertz CT molecular complexity index is 1210. The number of hydrogen-bond donors (Lipinski definition) is 0. The Hall–Kier alpha value is -3.26. The van der Waals surface area contributed by atoms with E-state index in [1.165, 1.54) is 16.0 Å². The molecule has 0 bridgehead atoms. The third kappa shape index (κ3) is 4.18. The van der Waals surface area contributed by atoms with E-state index in [0.717, 1.165) is 24.3 Å². The van der Waals surface area contributed by atoms with E-state index in [2.05, 4.69) is 17.0 Å². The number of esters is 1. The molecule has 0 fully saturated rings. The average molecular weight is 423 g/mol. The summed E-state index contributed by atoms with van der Waals surface area (Å²) in [6.45, 7) is 2.58. The number of furan rings is 1. The van der Waals surface area contributed by atoms with Gasteiger partial charge < -0.3 is 9.15 Å². The molecule has 0 saturated carbocycles. The summed E-state index contributed by atoms with van der Waals surface area (Å²) in [4.78, 5) is 30.0. The fourth-order valence-corrected chi connectivity index (χ4v) is 3.91. The number of aromatic nitrogens is 3. The summed E-state index contributed by atoms with van der Waals surface area (Å²) in [6, 6.07) is 10.6. The van der Waals surface area contributed by atoms with Crippen LogP contribution in [0.3, 0.4) is 0 Å². The molecule has 0 aliphatic heterocycles. The average Bonchev–Trinajstić information content (AvgIpc) is 3.46. The number of carbonyl (C=O) groups excluding carboxylic acids is 1. The van der Waals surface area contributed by atoms with Gasteiger partial charge in [0, 0.05) is 17.3 Å². The summed E-state index contributed by atoms with van der Waals surface area (Å²) < 4.78 is 12.2. The highest BCUT2D eigenvalue weighted by molar-refractivity contribution is 7.13. The number of unbranched alkanes of at least 4 members (excludes halogenated alkanes) is 2. The minimum absolute atomic E-state index is 0.0149. The summed E-state index contributed by atoms with van der Waals surface area (Å²) in [5, 5.41) is 7.83. The molecule has 3 heterocycles. The van der Waals surface area contributed by atoms with Gasteiger partial charge in [-0.25, -0.2) is 14.5 Å². The highest BCUT2D eigenvalue weighted by atomic mass is 32.1. The van der Waals surface area contributed by atoms with E-state index in [1.807, 2.05) is 11.4 Å². The number of hydrogen-bond acceptors (Lipinski definition) is 7. The number of benzene rings is 1. The molecule has 0 spiro atoms. The van der Waals surface area contributed by atoms with Crippen molar-refractivity contribution < 1.29 is 13.9 Å². The molecule has 3 aromatic heterocycles. The molecular formula is C22H21N3O4S. The van der Waals surface area contributed by atoms with Crippen LogP contribution in [0.2, 0.25) is 0 Å². The Morgan fingerprint density at radius 2 is 2.00 bits per heavy atom. The fourth-order valence-electron chi connectivity index (χ4n) is 3.14. The lowest BCUT2D eigenvalue weighted by molar-refractivity contribution is 0.0461. The molecule has 0 radical (unpaired) electrons. The van der Waals surface area contributed by atoms with Crippen molar-refractivity contribution in [2.45, 2.75) is 39.3 Å². The predicted octanol–water partition coefficient (Wildman–Crippen LogP) is 4.66. The Balaban J connectivity index is 1.56. The van der Waals surface area contributed by atoms with Crippen molar-refractivity contribution >= 4 is 28.1 Å². The maximum atomic E-state index is 12.8. The van der Waals surface area contributed by atoms with Crippen LogP contribution in [-0.2, 0) is 17.9 Å². The lowest BCUT2D eigenvalue weighted by atomic mass is 10.1. The Labute approximate surface area is 176 Å². The van der Waals surface area contributed by atoms with Gasteiger partial charge in [-0.1, -0.05) is 38.0 Å². The first-order chi connectivity index (χ1) is 14.7. The quantitative estimate of drug-likeness (QED) is 0.303. The molecule has 154 valence electrons. The largest absolute Gasteiger partial charge is 0.462 e. The molecule has 7 nitrogen and oxygen atoms in total. The summed E-state index contributed by atoms with van der Waals surface area (Å²) in [5.74, 6) is 0.0902. The van der Waals surface area contributed by atoms with E-state index in [1.54, 1.807) is 36.6 Å². The molecule has 0 saturated heterocycles. The van der Waals surface area contributed by atoms with Crippen LogP contribution in [0.15, 0.2) is 57.3 Å². The Morgan fingerprint density at radius 1 is 1.17 bits per heavy atom. The van der Waals surface area contributed by atoms with Gasteiger partial charge in [-0.3, -0.25) is 4.79 Å². The molecule has 0 aliphatic rings. The van der Waals surface area contributed by atoms with Gasteiger partial charge >= 0.3 is 5.97 Å². The first-order valence-electron chi connectivity index (χ1n) is 9.82. The van der Waals surface area contributed by atoms with E-state index in [4.69, 9.17) is 9.15 Å². The van der Waals surface area contributed by atoms with E-state index in [9.17, 15) is 9.59 Å². The lowest BCUT2D eigenvalue weighted by Crippen LogP contribution is -2.26. The molecule has 1 aromatic carbocycles. The number of rotatable bonds is 8. The Kier molecular flexibility index (Phi) is 6.04. The minimum Gasteiger partial charge on any atom is -0.462 e. The van der Waals surface area contributed by atoms with E-state index >= 15 is 0 Å². The maximum Gasteiger partial charge on any atom is 0.359 e. The van der Waals surface area contributed by atoms with Crippen LogP contribution in [0, 0.1) is 0 Å². The standard InChI is InChI=1S/C22H21N3O4S/c1-2-3-6-11-25-21(26)17-9-5-4-8-16(17)19(24-25)22(27)29-13-15-14-30-20(23-15)18-10-7-12-28-18/h4-5,7-10,12,14H,2-3,6,11,13H2,1H3. The van der Waals surface area contributed by atoms with Gasteiger partial charge in [-0.05, 0) is 24.6 Å². The van der Waals surface area contributed by atoms with Gasteiger partial charge in [0.25, 0.3) is 5.56 Å². The van der Waals surface area contributed by atoms with Crippen molar-refractivity contribution in [3.05, 3.63) is 69.8 Å². The van der Waals surface area contributed by atoms with Gasteiger partial charge in [0.05, 0.1) is 17.3 Å². The first kappa shape index (κ1) is 20.0. The zero-order valence-electron chi connectivity index (χ0n) is 16.5. The number of aryl methyl sites for hydroxylation is 1. The zero-order chi connectivity index (χ0) is 20.9. The van der Waals surface area contributed by atoms with Crippen LogP contribution in [0.1, 0.15) is 42.4 Å². The smallest absolute Gasteiger partial charge is 0.359 e. The van der Waals surface area contributed by atoms with Crippen LogP contribution in [-0.4, -0.2) is 20.7 Å². The monoisotopic (exact) mass is 423 g/mol. The SMILES string of the molecule is CCCCCn1nc(C(=O)OCc2csc(-c3ccco3)n2)c2ccccc2c1=O. The topological polar surface area (TPSA) is 87.2 Å². The molecule has 0 amide bonds. The number of thiazole rings is 1. The summed E-state index contributed by atoms with van der Waals surface area (Å²) >= 11 is 1.42. The normalized spacial score (nSPS) is 11.1. The second-order valence-electron chi connectivity index (χ2n) is 6.83. The molecule has 30 heavy (non-hydrogen) atoms. The second-order valence-corrected chi connectivity index (χ2v) is 7.69. The minimum atomic E-state index is -0.581. The molecule has 4 aromatic rings. The van der Waals surface area contributed by atoms with Gasteiger partial charge in [-0.15, -0.1) is 11.3 Å². The summed E-state index contributed by atoms with van der Waals surface area (Å²) in [5.41, 5.74) is 0.573. The molecule has 8 heteroatoms. The lowest BCUT2D eigenvalue weighted by Gasteiger charge is -2.10. The molecule has 4 rings (SSSR count). The molecule has 0 atom stereocenters. The fraction of sp³-hybridized carbons (Fsp3) is 0.273. The first-order valence-corrected chi connectivity index (χ1v) is 10.7. The van der Waals surface area contributed by atoms with Crippen LogP contribution in [0.5, 0.6) is 0 Å². The number of ether oxygens (including phenoxy) is 1. The highest BCUT2D eigenvalue weighted by Gasteiger charge is 2.18. The van der Waals surface area contributed by atoms with Gasteiger partial charge in [0.15, 0.2) is 16.5 Å². The third-order valence-electron chi connectivity index (χ3n) is 4.67. The van der Waals surface area contributed by atoms with Crippen molar-refractivity contribution in [1.29, 1.82) is 0 Å². The highest BCUT2D eigenvalue weighted by Crippen LogP contribution is 2.24. The summed E-state index contributed by atoms with van der Waals surface area (Å²) in [6.07, 6.45) is 4.43. The van der Waals surface area contributed by atoms with Crippen molar-refractivity contribution in [1.82, 2.24) is 14.8 Å². The van der Waals surface area contributed by atoms with Crippen molar-refractivity contribution in [2.75, 3.05) is 0 Å². The summed E-state index contributed by atoms with van der Waals surface area (Å²) in [7, 11) is 0. The predicted molar refractivity (Wildman–Crippen MR) is 114 cm³/mol. The third-order valence-corrected chi connectivity index (χ3v) is 5.58. The van der Waals surface area contributed by atoms with Gasteiger partial charge in [0.2, 0.25) is 0 Å². The molecule has 0 aliphatic carbocycles. The number of nitrogens with zero attached hydrogens (tertiary/aromatic N) is 3. The van der Waals surface area contributed by atoms with Crippen LogP contribution >= 0.6 is 11.3 Å². The second kappa shape index (κ2) is 9.04. The molecular weight excluding hydrogens is 402 g/mol. The maximum absolute atomic E-state index is 12.8. The molecule has 0 N–H and O–H groups in total. The Morgan fingerprint density at radius 3 is 2.77 bits per heavy atom. The van der Waals surface area contributed by atoms with Crippen molar-refractivity contribution in [3.63, 3.8) is 0 Å². The van der Waals surface area contributed by atoms with Crippen molar-refractivity contribution in [3.8, 4) is 10.8 Å². The van der Waals surface area contributed by atoms with Gasteiger partial charge in [-0.2, -0.15) is 5.10 Å². The van der Waals surface area contributed by atoms with E-state index in [-0.39, 0.29) is 17.9 Å².